The third kappa shape index (κ3) is 8.24. The van der Waals surface area contributed by atoms with E-state index in [9.17, 15) is 14.4 Å². The number of hydrogen-bond donors (Lipinski definition) is 3. The normalized spacial score (nSPS) is 19.6. The summed E-state index contributed by atoms with van der Waals surface area (Å²) in [6.45, 7) is 5.35. The number of aliphatic hydroxyl groups is 1. The van der Waals surface area contributed by atoms with Crippen LogP contribution in [0.1, 0.15) is 49.9 Å². The summed E-state index contributed by atoms with van der Waals surface area (Å²) >= 11 is 0. The molecule has 278 valence electrons. The number of likely N-dealkylation sites (tertiary alicyclic amines) is 2. The van der Waals surface area contributed by atoms with Crippen LogP contribution >= 0.6 is 0 Å². The number of nitrogens with zero attached hydrogens (tertiary/aromatic N) is 8. The van der Waals surface area contributed by atoms with Crippen molar-refractivity contribution in [1.29, 1.82) is 0 Å². The number of aryl methyl sites for hydroxylation is 1. The number of carbonyl (C=O) groups is 3. The van der Waals surface area contributed by atoms with Crippen molar-refractivity contribution in [1.82, 2.24) is 39.6 Å². The van der Waals surface area contributed by atoms with E-state index in [1.165, 1.54) is 6.07 Å². The molecule has 0 aliphatic carbocycles. The van der Waals surface area contributed by atoms with Gasteiger partial charge in [-0.3, -0.25) is 33.6 Å². The second-order valence-electron chi connectivity index (χ2n) is 13.4. The Balaban J connectivity index is 0.00000228. The molecule has 2 amide bonds. The third-order valence-electron chi connectivity index (χ3n) is 10.1. The Hall–Kier alpha value is -4.93. The van der Waals surface area contributed by atoms with Gasteiger partial charge in [-0.05, 0) is 43.4 Å². The molecule has 0 radical (unpaired) electrons. The molecule has 3 aromatic rings. The molecule has 0 bridgehead atoms. The number of piperidine rings is 2. The number of amides is 2. The molecular formula is C36H47FN10O5. The molecule has 16 heteroatoms. The lowest BCUT2D eigenvalue weighted by atomic mass is 10.0. The first-order valence-electron chi connectivity index (χ1n) is 17.7. The Morgan fingerprint density at radius 2 is 1.85 bits per heavy atom. The fourth-order valence-corrected chi connectivity index (χ4v) is 7.21. The van der Waals surface area contributed by atoms with Crippen molar-refractivity contribution in [3.8, 4) is 11.1 Å². The summed E-state index contributed by atoms with van der Waals surface area (Å²) in [5.41, 5.74) is 4.32. The lowest BCUT2D eigenvalue weighted by molar-refractivity contribution is -0.140. The summed E-state index contributed by atoms with van der Waals surface area (Å²) in [5, 5.41) is 22.5. The second-order valence-corrected chi connectivity index (χ2v) is 13.4. The van der Waals surface area contributed by atoms with Crippen LogP contribution < -0.4 is 10.6 Å². The maximum Gasteiger partial charge on any atom is 0.248 e. The highest BCUT2D eigenvalue weighted by Gasteiger charge is 2.32. The number of aromatic nitrogens is 4. The van der Waals surface area contributed by atoms with Crippen molar-refractivity contribution >= 4 is 35.8 Å². The molecule has 2 aromatic heterocycles. The molecule has 0 spiro atoms. The monoisotopic (exact) mass is 718 g/mol. The van der Waals surface area contributed by atoms with Crippen LogP contribution in [0.5, 0.6) is 0 Å². The maximum atomic E-state index is 15.4. The van der Waals surface area contributed by atoms with Gasteiger partial charge in [0.25, 0.3) is 0 Å². The van der Waals surface area contributed by atoms with Gasteiger partial charge in [-0.25, -0.2) is 4.39 Å². The number of fused-ring (bicyclic) bond motifs is 1. The number of ether oxygens (including phenoxy) is 1. The zero-order valence-corrected chi connectivity index (χ0v) is 29.9. The third-order valence-corrected chi connectivity index (χ3v) is 10.1. The van der Waals surface area contributed by atoms with Crippen LogP contribution in [0.4, 0.5) is 15.9 Å². The van der Waals surface area contributed by atoms with Crippen molar-refractivity contribution in [2.75, 3.05) is 51.8 Å². The Labute approximate surface area is 302 Å². The van der Waals surface area contributed by atoms with Crippen LogP contribution in [0.2, 0.25) is 0 Å². The van der Waals surface area contributed by atoms with E-state index >= 15 is 4.39 Å². The molecule has 4 aliphatic rings. The standard InChI is InChI=1S/C35H43FN10O4.CH4O/c1-23(48)45-14-9-32-29(20-45)34(40-31-4-3-25(15-30(31)36)26-18-39-42(2)19-26)41-46(32)27-5-10-43(11-6-27)33(49)22-50-28-7-12-44(13-8-28)35-37-16-24(21-47)17-38-35;1-2/h3-4,15-19,21,27-28,35,37H,5-14,20,22H2,1-2H3,(H,40,41);2H,1H3. The molecule has 2 saturated heterocycles. The van der Waals surface area contributed by atoms with Gasteiger partial charge in [0.2, 0.25) is 11.8 Å². The molecule has 6 heterocycles. The minimum absolute atomic E-state index is 0.00820. The zero-order chi connectivity index (χ0) is 36.8. The first kappa shape index (κ1) is 36.8. The number of aldehydes is 1. The van der Waals surface area contributed by atoms with Crippen molar-refractivity contribution in [3.63, 3.8) is 0 Å². The van der Waals surface area contributed by atoms with Gasteiger partial charge in [0.05, 0.1) is 30.6 Å². The molecule has 15 nitrogen and oxygen atoms in total. The van der Waals surface area contributed by atoms with Crippen LogP contribution in [-0.2, 0) is 39.1 Å². The average Bonchev–Trinajstić information content (AvgIpc) is 3.78. The molecule has 52 heavy (non-hydrogen) atoms. The quantitative estimate of drug-likeness (QED) is 0.280. The first-order valence-corrected chi connectivity index (χ1v) is 17.7. The number of anilines is 2. The lowest BCUT2D eigenvalue weighted by Crippen LogP contribution is -2.49. The summed E-state index contributed by atoms with van der Waals surface area (Å²) in [6.07, 6.45) is 11.1. The Kier molecular flexibility index (Phi) is 11.8. The SMILES string of the molecule is CC(=O)N1CCc2c(c(Nc3ccc(-c4cnn(C)c4)cc3F)nn2C2CCN(C(=O)COC3CCN(C4N=CC(C=O)=CN4)CC3)CC2)C1.CO. The van der Waals surface area contributed by atoms with Gasteiger partial charge in [0.15, 0.2) is 18.4 Å². The van der Waals surface area contributed by atoms with E-state index in [0.717, 1.165) is 74.6 Å². The molecule has 1 atom stereocenters. The number of nitrogens with one attached hydrogen (secondary N) is 2. The minimum Gasteiger partial charge on any atom is -0.400 e. The number of aliphatic imine (C=N–C) groups is 1. The largest absolute Gasteiger partial charge is 0.400 e. The number of carbonyl (C=O) groups excluding carboxylic acids is 3. The minimum atomic E-state index is -0.407. The summed E-state index contributed by atoms with van der Waals surface area (Å²) in [4.78, 5) is 46.6. The molecule has 1 unspecified atom stereocenters. The number of allylic oxidation sites excluding steroid dienone is 1. The van der Waals surface area contributed by atoms with Crippen LogP contribution in [0.3, 0.4) is 0 Å². The fourth-order valence-electron chi connectivity index (χ4n) is 7.21. The summed E-state index contributed by atoms with van der Waals surface area (Å²) in [6, 6.07) is 5.11. The number of hydrogen-bond acceptors (Lipinski definition) is 11. The highest BCUT2D eigenvalue weighted by molar-refractivity contribution is 6.02. The predicted octanol–water partition coefficient (Wildman–Crippen LogP) is 2.36. The van der Waals surface area contributed by atoms with E-state index in [1.54, 1.807) is 41.2 Å². The number of halogens is 1. The van der Waals surface area contributed by atoms with Crippen molar-refractivity contribution in [2.24, 2.45) is 12.0 Å². The number of aliphatic hydroxyl groups excluding tert-OH is 1. The van der Waals surface area contributed by atoms with E-state index in [2.05, 4.69) is 25.6 Å². The Bertz CT molecular complexity index is 1810. The van der Waals surface area contributed by atoms with Gasteiger partial charge in [0.1, 0.15) is 12.4 Å². The Morgan fingerprint density at radius 3 is 2.48 bits per heavy atom. The van der Waals surface area contributed by atoms with Crippen LogP contribution in [0.15, 0.2) is 47.4 Å². The molecule has 4 aliphatic heterocycles. The van der Waals surface area contributed by atoms with Gasteiger partial charge in [0, 0.05) is 101 Å². The molecule has 0 saturated carbocycles. The second kappa shape index (κ2) is 16.6. The first-order chi connectivity index (χ1) is 25.2. The molecule has 2 fully saturated rings. The fraction of sp³-hybridized carbons (Fsp3) is 0.500. The highest BCUT2D eigenvalue weighted by atomic mass is 19.1. The van der Waals surface area contributed by atoms with Gasteiger partial charge < -0.3 is 30.3 Å². The molecular weight excluding hydrogens is 671 g/mol. The van der Waals surface area contributed by atoms with E-state index in [4.69, 9.17) is 14.9 Å². The van der Waals surface area contributed by atoms with Crippen LogP contribution in [-0.4, -0.2) is 123 Å². The van der Waals surface area contributed by atoms with E-state index < -0.39 is 5.82 Å². The number of benzene rings is 1. The summed E-state index contributed by atoms with van der Waals surface area (Å²) < 4.78 is 25.2. The maximum absolute atomic E-state index is 15.4. The van der Waals surface area contributed by atoms with E-state index in [1.807, 2.05) is 28.9 Å². The van der Waals surface area contributed by atoms with Crippen molar-refractivity contribution in [2.45, 2.75) is 64.0 Å². The van der Waals surface area contributed by atoms with Gasteiger partial charge in [-0.2, -0.15) is 10.2 Å². The lowest BCUT2D eigenvalue weighted by Gasteiger charge is -2.37. The van der Waals surface area contributed by atoms with Crippen LogP contribution in [0.25, 0.3) is 11.1 Å². The molecule has 1 aromatic carbocycles. The average molecular weight is 719 g/mol. The van der Waals surface area contributed by atoms with E-state index in [0.29, 0.717) is 49.7 Å². The Morgan fingerprint density at radius 1 is 1.08 bits per heavy atom. The summed E-state index contributed by atoms with van der Waals surface area (Å²) in [7, 11) is 2.82. The van der Waals surface area contributed by atoms with Gasteiger partial charge >= 0.3 is 0 Å². The van der Waals surface area contributed by atoms with Crippen molar-refractivity contribution in [3.05, 3.63) is 59.4 Å². The van der Waals surface area contributed by atoms with Gasteiger partial charge in [-0.15, -0.1) is 0 Å². The molecule has 3 N–H and O–H groups in total. The van der Waals surface area contributed by atoms with E-state index in [-0.39, 0.29) is 36.9 Å². The predicted molar refractivity (Wildman–Crippen MR) is 192 cm³/mol. The molecule has 7 rings (SSSR count). The van der Waals surface area contributed by atoms with Gasteiger partial charge in [-0.1, -0.05) is 6.07 Å². The number of rotatable bonds is 9. The van der Waals surface area contributed by atoms with Crippen molar-refractivity contribution < 1.29 is 28.6 Å². The zero-order valence-electron chi connectivity index (χ0n) is 29.9. The topological polar surface area (TPSA) is 162 Å². The highest BCUT2D eigenvalue weighted by Crippen LogP contribution is 2.35. The van der Waals surface area contributed by atoms with Crippen LogP contribution in [0, 0.1) is 5.82 Å². The summed E-state index contributed by atoms with van der Waals surface area (Å²) in [5.74, 6) is 0.117. The smallest absolute Gasteiger partial charge is 0.248 e.